The van der Waals surface area contributed by atoms with Crippen LogP contribution in [0, 0.1) is 5.92 Å². The van der Waals surface area contributed by atoms with Crippen molar-refractivity contribution in [3.8, 4) is 0 Å². The molecule has 1 aliphatic heterocycles. The molecule has 0 aromatic heterocycles. The summed E-state index contributed by atoms with van der Waals surface area (Å²) in [6.45, 7) is 5.76. The number of fused-ring (bicyclic) bond motifs is 1. The molecule has 1 heterocycles. The first kappa shape index (κ1) is 14.6. The van der Waals surface area contributed by atoms with Crippen LogP contribution in [-0.2, 0) is 17.6 Å². The lowest BCUT2D eigenvalue weighted by atomic mass is 10.0. The fourth-order valence-corrected chi connectivity index (χ4v) is 3.79. The monoisotopic (exact) mass is 287 g/mol. The highest BCUT2D eigenvalue weighted by Crippen LogP contribution is 2.24. The van der Waals surface area contributed by atoms with E-state index in [4.69, 9.17) is 0 Å². The Morgan fingerprint density at radius 2 is 2.14 bits per heavy atom. The van der Waals surface area contributed by atoms with E-state index in [1.807, 2.05) is 0 Å². The van der Waals surface area contributed by atoms with Gasteiger partial charge in [0.05, 0.1) is 26.1 Å². The van der Waals surface area contributed by atoms with Crippen LogP contribution in [0.2, 0.25) is 0 Å². The number of hydrogen-bond donors (Lipinski definition) is 2. The number of amides is 1. The summed E-state index contributed by atoms with van der Waals surface area (Å²) < 4.78 is 0. The van der Waals surface area contributed by atoms with Crippen molar-refractivity contribution in [1.29, 1.82) is 0 Å². The maximum atomic E-state index is 12.1. The highest BCUT2D eigenvalue weighted by Gasteiger charge is 2.20. The van der Waals surface area contributed by atoms with Crippen LogP contribution in [0.1, 0.15) is 43.7 Å². The van der Waals surface area contributed by atoms with Crippen molar-refractivity contribution in [3.05, 3.63) is 29.3 Å². The number of carbonyl (C=O) groups excluding carboxylic acids is 1. The summed E-state index contributed by atoms with van der Waals surface area (Å²) in [5.74, 6) is 0.979. The molecule has 1 saturated heterocycles. The Hall–Kier alpha value is -1.35. The summed E-state index contributed by atoms with van der Waals surface area (Å²) in [6, 6.07) is 6.39. The van der Waals surface area contributed by atoms with Gasteiger partial charge in [-0.3, -0.25) is 4.79 Å². The minimum atomic E-state index is 0.165. The van der Waals surface area contributed by atoms with E-state index in [-0.39, 0.29) is 5.91 Å². The molecule has 1 aromatic carbocycles. The van der Waals surface area contributed by atoms with Crippen LogP contribution >= 0.6 is 0 Å². The minimum Gasteiger partial charge on any atom is -0.334 e. The Balaban J connectivity index is 1.48. The van der Waals surface area contributed by atoms with Crippen molar-refractivity contribution in [3.63, 3.8) is 0 Å². The number of anilines is 1. The van der Waals surface area contributed by atoms with Crippen LogP contribution in [-0.4, -0.2) is 25.5 Å². The molecule has 2 atom stereocenters. The van der Waals surface area contributed by atoms with Gasteiger partial charge in [0.15, 0.2) is 0 Å². The molecule has 1 aromatic rings. The summed E-state index contributed by atoms with van der Waals surface area (Å²) in [7, 11) is 0. The summed E-state index contributed by atoms with van der Waals surface area (Å²) in [6.07, 6.45) is 6.91. The molecule has 114 valence electrons. The minimum absolute atomic E-state index is 0.165. The second kappa shape index (κ2) is 6.61. The molecule has 2 unspecified atom stereocenters. The first-order chi connectivity index (χ1) is 10.2. The molecule has 3 heteroatoms. The van der Waals surface area contributed by atoms with Crippen LogP contribution in [0.5, 0.6) is 0 Å². The first-order valence-electron chi connectivity index (χ1n) is 8.46. The number of nitrogens with one attached hydrogen (secondary N) is 2. The van der Waals surface area contributed by atoms with Gasteiger partial charge in [0.25, 0.3) is 0 Å². The zero-order valence-electron chi connectivity index (χ0n) is 13.1. The van der Waals surface area contributed by atoms with E-state index in [0.29, 0.717) is 6.42 Å². The summed E-state index contributed by atoms with van der Waals surface area (Å²) >= 11 is 0. The van der Waals surface area contributed by atoms with Crippen LogP contribution in [0.15, 0.2) is 18.2 Å². The lowest BCUT2D eigenvalue weighted by Crippen LogP contribution is -3.13. The van der Waals surface area contributed by atoms with E-state index in [1.54, 1.807) is 4.90 Å². The van der Waals surface area contributed by atoms with E-state index in [0.717, 1.165) is 24.6 Å². The van der Waals surface area contributed by atoms with Gasteiger partial charge in [-0.25, -0.2) is 0 Å². The Labute approximate surface area is 127 Å². The summed E-state index contributed by atoms with van der Waals surface area (Å²) in [4.78, 5) is 13.7. The quantitative estimate of drug-likeness (QED) is 0.870. The SMILES string of the molecule is CC1CCC[NH+](CCC(=O)Nc2ccc3c(c2)CCC3)C1. The fourth-order valence-electron chi connectivity index (χ4n) is 3.79. The molecule has 2 N–H and O–H groups in total. The van der Waals surface area contributed by atoms with Gasteiger partial charge >= 0.3 is 0 Å². The van der Waals surface area contributed by atoms with Gasteiger partial charge in [-0.05, 0) is 55.4 Å². The van der Waals surface area contributed by atoms with Gasteiger partial charge in [-0.2, -0.15) is 0 Å². The van der Waals surface area contributed by atoms with E-state index in [9.17, 15) is 4.79 Å². The molecule has 21 heavy (non-hydrogen) atoms. The maximum Gasteiger partial charge on any atom is 0.230 e. The van der Waals surface area contributed by atoms with Crippen molar-refractivity contribution in [2.24, 2.45) is 5.92 Å². The highest BCUT2D eigenvalue weighted by atomic mass is 16.1. The van der Waals surface area contributed by atoms with Gasteiger partial charge in [0, 0.05) is 11.6 Å². The molecular weight excluding hydrogens is 260 g/mol. The predicted octanol–water partition coefficient (Wildman–Crippen LogP) is 1.82. The van der Waals surface area contributed by atoms with Gasteiger partial charge < -0.3 is 10.2 Å². The number of hydrogen-bond acceptors (Lipinski definition) is 1. The normalized spacial score (nSPS) is 24.6. The number of quaternary nitrogens is 1. The van der Waals surface area contributed by atoms with Gasteiger partial charge in [0.2, 0.25) is 5.91 Å². The van der Waals surface area contributed by atoms with E-state index in [2.05, 4.69) is 30.4 Å². The van der Waals surface area contributed by atoms with E-state index in [1.165, 1.54) is 49.9 Å². The van der Waals surface area contributed by atoms with Crippen molar-refractivity contribution >= 4 is 11.6 Å². The van der Waals surface area contributed by atoms with Gasteiger partial charge in [0.1, 0.15) is 0 Å². The second-order valence-electron chi connectivity index (χ2n) is 6.84. The number of benzene rings is 1. The summed E-state index contributed by atoms with van der Waals surface area (Å²) in [5, 5.41) is 3.07. The first-order valence-corrected chi connectivity index (χ1v) is 8.46. The molecule has 1 aliphatic carbocycles. The van der Waals surface area contributed by atoms with Crippen molar-refractivity contribution in [2.75, 3.05) is 25.0 Å². The number of rotatable bonds is 4. The number of likely N-dealkylation sites (tertiary alicyclic amines) is 1. The van der Waals surface area contributed by atoms with Crippen molar-refractivity contribution in [1.82, 2.24) is 0 Å². The standard InChI is InChI=1S/C18H26N2O/c1-14-4-3-10-20(13-14)11-9-18(21)19-17-8-7-15-5-2-6-16(15)12-17/h7-8,12,14H,2-6,9-11,13H2,1H3,(H,19,21)/p+1. The predicted molar refractivity (Wildman–Crippen MR) is 85.7 cm³/mol. The van der Waals surface area contributed by atoms with Gasteiger partial charge in [-0.1, -0.05) is 13.0 Å². The van der Waals surface area contributed by atoms with Crippen molar-refractivity contribution in [2.45, 2.75) is 45.4 Å². The molecule has 0 radical (unpaired) electrons. The topological polar surface area (TPSA) is 33.5 Å². The highest BCUT2D eigenvalue weighted by molar-refractivity contribution is 5.90. The average molecular weight is 287 g/mol. The van der Waals surface area contributed by atoms with Crippen LogP contribution < -0.4 is 10.2 Å². The number of aryl methyl sites for hydroxylation is 2. The molecule has 1 amide bonds. The van der Waals surface area contributed by atoms with E-state index < -0.39 is 0 Å². The Morgan fingerprint density at radius 3 is 3.00 bits per heavy atom. The lowest BCUT2D eigenvalue weighted by molar-refractivity contribution is -0.907. The molecule has 0 spiro atoms. The average Bonchev–Trinajstić information content (AvgIpc) is 2.93. The third-order valence-corrected chi connectivity index (χ3v) is 4.95. The molecule has 2 aliphatic rings. The fraction of sp³-hybridized carbons (Fsp3) is 0.611. The molecule has 1 fully saturated rings. The Bertz CT molecular complexity index is 512. The number of piperidine rings is 1. The second-order valence-corrected chi connectivity index (χ2v) is 6.84. The van der Waals surface area contributed by atoms with Crippen LogP contribution in [0.25, 0.3) is 0 Å². The van der Waals surface area contributed by atoms with Crippen LogP contribution in [0.3, 0.4) is 0 Å². The molecule has 0 bridgehead atoms. The smallest absolute Gasteiger partial charge is 0.230 e. The third-order valence-electron chi connectivity index (χ3n) is 4.95. The summed E-state index contributed by atoms with van der Waals surface area (Å²) in [5.41, 5.74) is 3.85. The van der Waals surface area contributed by atoms with Crippen molar-refractivity contribution < 1.29 is 9.69 Å². The lowest BCUT2D eigenvalue weighted by Gasteiger charge is -2.27. The molecule has 3 nitrogen and oxygen atoms in total. The zero-order chi connectivity index (χ0) is 14.7. The maximum absolute atomic E-state index is 12.1. The van der Waals surface area contributed by atoms with E-state index >= 15 is 0 Å². The Kier molecular flexibility index (Phi) is 4.59. The molecule has 0 saturated carbocycles. The molecule has 3 rings (SSSR count). The number of carbonyl (C=O) groups is 1. The third kappa shape index (κ3) is 3.85. The zero-order valence-corrected chi connectivity index (χ0v) is 13.1. The van der Waals surface area contributed by atoms with Gasteiger partial charge in [-0.15, -0.1) is 0 Å². The molecular formula is C18H27N2O+. The largest absolute Gasteiger partial charge is 0.334 e. The van der Waals surface area contributed by atoms with Crippen LogP contribution in [0.4, 0.5) is 5.69 Å². The Morgan fingerprint density at radius 1 is 1.29 bits per heavy atom.